The lowest BCUT2D eigenvalue weighted by Crippen LogP contribution is -2.43. The third kappa shape index (κ3) is 3.68. The average molecular weight is 383 g/mol. The van der Waals surface area contributed by atoms with E-state index in [0.717, 1.165) is 81.1 Å². The van der Waals surface area contributed by atoms with E-state index >= 15 is 0 Å². The maximum absolute atomic E-state index is 12.9. The SMILES string of the molecule is COCCc1nnc2n1CCC1(CC2)CCN(C(=O)c2cccnc2C)CC1. The third-order valence-corrected chi connectivity index (χ3v) is 6.53. The summed E-state index contributed by atoms with van der Waals surface area (Å²) in [4.78, 5) is 19.2. The normalized spacial score (nSPS) is 18.7. The number of carbonyl (C=O) groups is 1. The van der Waals surface area contributed by atoms with Crippen LogP contribution in [0.25, 0.3) is 0 Å². The van der Waals surface area contributed by atoms with Gasteiger partial charge in [-0.1, -0.05) is 0 Å². The summed E-state index contributed by atoms with van der Waals surface area (Å²) in [7, 11) is 1.72. The maximum atomic E-state index is 12.9. The van der Waals surface area contributed by atoms with E-state index in [0.29, 0.717) is 12.0 Å². The van der Waals surface area contributed by atoms with Gasteiger partial charge in [-0.15, -0.1) is 10.2 Å². The number of piperidine rings is 1. The maximum Gasteiger partial charge on any atom is 0.255 e. The molecule has 1 fully saturated rings. The molecule has 0 bridgehead atoms. The molecule has 1 spiro atoms. The molecule has 0 radical (unpaired) electrons. The number of likely N-dealkylation sites (tertiary alicyclic amines) is 1. The van der Waals surface area contributed by atoms with Crippen molar-refractivity contribution in [2.75, 3.05) is 26.8 Å². The number of ether oxygens (including phenoxy) is 1. The Bertz CT molecular complexity index is 839. The molecule has 1 saturated heterocycles. The van der Waals surface area contributed by atoms with Gasteiger partial charge in [0.05, 0.1) is 12.2 Å². The average Bonchev–Trinajstić information content (AvgIpc) is 3.03. The lowest BCUT2D eigenvalue weighted by Gasteiger charge is -2.41. The molecule has 4 rings (SSSR count). The molecule has 0 N–H and O–H groups in total. The summed E-state index contributed by atoms with van der Waals surface area (Å²) in [6, 6.07) is 3.72. The van der Waals surface area contributed by atoms with E-state index in [-0.39, 0.29) is 5.91 Å². The Morgan fingerprint density at radius 1 is 1.18 bits per heavy atom. The Morgan fingerprint density at radius 2 is 1.96 bits per heavy atom. The molecule has 150 valence electrons. The van der Waals surface area contributed by atoms with Crippen molar-refractivity contribution in [2.45, 2.75) is 52.0 Å². The molecule has 0 aliphatic carbocycles. The molecule has 0 aromatic carbocycles. The highest BCUT2D eigenvalue weighted by molar-refractivity contribution is 5.95. The third-order valence-electron chi connectivity index (χ3n) is 6.53. The van der Waals surface area contributed by atoms with E-state index in [9.17, 15) is 4.79 Å². The van der Waals surface area contributed by atoms with Crippen LogP contribution >= 0.6 is 0 Å². The molecule has 7 nitrogen and oxygen atoms in total. The Labute approximate surface area is 166 Å². The number of fused-ring (bicyclic) bond motifs is 1. The van der Waals surface area contributed by atoms with Crippen LogP contribution in [0.2, 0.25) is 0 Å². The van der Waals surface area contributed by atoms with Crippen molar-refractivity contribution in [3.63, 3.8) is 0 Å². The first-order valence-corrected chi connectivity index (χ1v) is 10.2. The minimum atomic E-state index is 0.119. The van der Waals surface area contributed by atoms with Crippen molar-refractivity contribution in [3.8, 4) is 0 Å². The van der Waals surface area contributed by atoms with Crippen LogP contribution in [0.5, 0.6) is 0 Å². The Morgan fingerprint density at radius 3 is 2.71 bits per heavy atom. The number of rotatable bonds is 4. The Hall–Kier alpha value is -2.28. The fourth-order valence-corrected chi connectivity index (χ4v) is 4.61. The first-order chi connectivity index (χ1) is 13.6. The van der Waals surface area contributed by atoms with Gasteiger partial charge in [0.25, 0.3) is 5.91 Å². The number of carbonyl (C=O) groups excluding carboxylic acids is 1. The monoisotopic (exact) mass is 383 g/mol. The van der Waals surface area contributed by atoms with Gasteiger partial charge in [0, 0.05) is 51.5 Å². The zero-order chi connectivity index (χ0) is 19.6. The summed E-state index contributed by atoms with van der Waals surface area (Å²) in [5, 5.41) is 8.79. The Kier molecular flexibility index (Phi) is 5.44. The van der Waals surface area contributed by atoms with Crippen LogP contribution in [-0.4, -0.2) is 57.4 Å². The molecule has 2 aliphatic rings. The molecule has 2 aromatic rings. The lowest BCUT2D eigenvalue weighted by atomic mass is 9.72. The van der Waals surface area contributed by atoms with Gasteiger partial charge in [-0.25, -0.2) is 0 Å². The molecule has 0 atom stereocenters. The van der Waals surface area contributed by atoms with Crippen molar-refractivity contribution >= 4 is 5.91 Å². The fourth-order valence-electron chi connectivity index (χ4n) is 4.61. The molecule has 1 amide bonds. The van der Waals surface area contributed by atoms with Crippen LogP contribution in [0.4, 0.5) is 0 Å². The van der Waals surface area contributed by atoms with E-state index in [1.165, 1.54) is 0 Å². The van der Waals surface area contributed by atoms with E-state index in [1.54, 1.807) is 13.3 Å². The minimum absolute atomic E-state index is 0.119. The van der Waals surface area contributed by atoms with Gasteiger partial charge in [-0.2, -0.15) is 0 Å². The summed E-state index contributed by atoms with van der Waals surface area (Å²) in [5.74, 6) is 2.26. The molecule has 0 saturated carbocycles. The number of hydrogen-bond acceptors (Lipinski definition) is 5. The van der Waals surface area contributed by atoms with Gasteiger partial charge in [0.15, 0.2) is 0 Å². The van der Waals surface area contributed by atoms with Crippen LogP contribution in [0.3, 0.4) is 0 Å². The van der Waals surface area contributed by atoms with E-state index in [2.05, 4.69) is 19.7 Å². The second-order valence-corrected chi connectivity index (χ2v) is 8.11. The van der Waals surface area contributed by atoms with Crippen LogP contribution in [0.15, 0.2) is 18.3 Å². The van der Waals surface area contributed by atoms with Crippen LogP contribution in [0.1, 0.15) is 53.4 Å². The van der Waals surface area contributed by atoms with Crippen molar-refractivity contribution in [1.29, 1.82) is 0 Å². The van der Waals surface area contributed by atoms with E-state index in [4.69, 9.17) is 4.74 Å². The highest BCUT2D eigenvalue weighted by Gasteiger charge is 2.38. The number of nitrogens with zero attached hydrogens (tertiary/aromatic N) is 5. The summed E-state index contributed by atoms with van der Waals surface area (Å²) >= 11 is 0. The second kappa shape index (κ2) is 7.99. The van der Waals surface area contributed by atoms with Crippen LogP contribution in [0, 0.1) is 12.3 Å². The van der Waals surface area contributed by atoms with Gasteiger partial charge < -0.3 is 14.2 Å². The zero-order valence-corrected chi connectivity index (χ0v) is 16.9. The number of methoxy groups -OCH3 is 1. The van der Waals surface area contributed by atoms with Crippen molar-refractivity contribution in [1.82, 2.24) is 24.6 Å². The highest BCUT2D eigenvalue weighted by Crippen LogP contribution is 2.42. The molecule has 4 heterocycles. The van der Waals surface area contributed by atoms with Gasteiger partial charge in [-0.3, -0.25) is 9.78 Å². The van der Waals surface area contributed by atoms with Crippen molar-refractivity contribution in [3.05, 3.63) is 41.2 Å². The molecule has 7 heteroatoms. The van der Waals surface area contributed by atoms with Gasteiger partial charge >= 0.3 is 0 Å². The standard InChI is InChI=1S/C21H29N5O2/c1-16-17(4-3-11-22-16)20(27)25-12-8-21(9-13-25)7-5-18-23-24-19(6-15-28-2)26(18)14-10-21/h3-4,11H,5-10,12-15H2,1-2H3. The van der Waals surface area contributed by atoms with E-state index in [1.807, 2.05) is 24.0 Å². The molecule has 28 heavy (non-hydrogen) atoms. The lowest BCUT2D eigenvalue weighted by molar-refractivity contribution is 0.0534. The fraction of sp³-hybridized carbons (Fsp3) is 0.619. The van der Waals surface area contributed by atoms with E-state index < -0.39 is 0 Å². The largest absolute Gasteiger partial charge is 0.384 e. The summed E-state index contributed by atoms with van der Waals surface area (Å²) in [6.45, 7) is 5.19. The number of pyridine rings is 1. The van der Waals surface area contributed by atoms with Crippen LogP contribution < -0.4 is 0 Å². The first-order valence-electron chi connectivity index (χ1n) is 10.2. The second-order valence-electron chi connectivity index (χ2n) is 8.11. The smallest absolute Gasteiger partial charge is 0.255 e. The summed E-state index contributed by atoms with van der Waals surface area (Å²) in [6.07, 6.45) is 7.89. The van der Waals surface area contributed by atoms with Crippen molar-refractivity contribution < 1.29 is 9.53 Å². The molecule has 2 aromatic heterocycles. The minimum Gasteiger partial charge on any atom is -0.384 e. The predicted molar refractivity (Wildman–Crippen MR) is 105 cm³/mol. The molecule has 2 aliphatic heterocycles. The molecular weight excluding hydrogens is 354 g/mol. The zero-order valence-electron chi connectivity index (χ0n) is 16.9. The number of hydrogen-bond donors (Lipinski definition) is 0. The first kappa shape index (κ1) is 19.1. The molecular formula is C21H29N5O2. The number of amides is 1. The number of aromatic nitrogens is 4. The Balaban J connectivity index is 1.40. The van der Waals surface area contributed by atoms with Gasteiger partial charge in [-0.05, 0) is 50.2 Å². The van der Waals surface area contributed by atoms with Gasteiger partial charge in [0.1, 0.15) is 11.6 Å². The van der Waals surface area contributed by atoms with Crippen LogP contribution in [-0.2, 0) is 24.1 Å². The highest BCUT2D eigenvalue weighted by atomic mass is 16.5. The number of aryl methyl sites for hydroxylation is 2. The predicted octanol–water partition coefficient (Wildman–Crippen LogP) is 2.43. The molecule has 0 unspecified atom stereocenters. The summed E-state index contributed by atoms with van der Waals surface area (Å²) in [5.41, 5.74) is 1.84. The quantitative estimate of drug-likeness (QED) is 0.811. The summed E-state index contributed by atoms with van der Waals surface area (Å²) < 4.78 is 7.50. The van der Waals surface area contributed by atoms with Crippen molar-refractivity contribution in [2.24, 2.45) is 5.41 Å². The van der Waals surface area contributed by atoms with Gasteiger partial charge in [0.2, 0.25) is 0 Å². The topological polar surface area (TPSA) is 73.1 Å².